The van der Waals surface area contributed by atoms with Crippen LogP contribution in [0.25, 0.3) is 55.3 Å². The molecule has 0 radical (unpaired) electrons. The van der Waals surface area contributed by atoms with Crippen LogP contribution >= 0.6 is 11.8 Å². The van der Waals surface area contributed by atoms with Crippen molar-refractivity contribution in [3.8, 4) is 56.0 Å². The Balaban J connectivity index is 0.963. The maximum Gasteiger partial charge on any atom is 0.132 e. The van der Waals surface area contributed by atoms with Crippen LogP contribution in [0.2, 0.25) is 0 Å². The normalized spacial score (nSPS) is 14.1. The third-order valence-electron chi connectivity index (χ3n) is 16.6. The van der Waals surface area contributed by atoms with Gasteiger partial charge in [-0.1, -0.05) is 224 Å². The Hall–Kier alpha value is -9.15. The van der Waals surface area contributed by atoms with Crippen LogP contribution in [0.5, 0.6) is 11.5 Å². The molecule has 0 fully saturated rings. The summed E-state index contributed by atoms with van der Waals surface area (Å²) in [6.45, 7) is 0. The van der Waals surface area contributed by atoms with Crippen molar-refractivity contribution in [1.82, 2.24) is 0 Å². The summed E-state index contributed by atoms with van der Waals surface area (Å²) in [7, 11) is 0. The maximum atomic E-state index is 6.77. The van der Waals surface area contributed by atoms with Crippen molar-refractivity contribution >= 4 is 39.6 Å². The first-order chi connectivity index (χ1) is 37.2. The third kappa shape index (κ3) is 5.87. The number of hydrogen-bond acceptors (Lipinski definition) is 3. The molecule has 0 unspecified atom stereocenters. The molecular weight excluding hydrogens is 927 g/mol. The van der Waals surface area contributed by atoms with Gasteiger partial charge in [-0.2, -0.15) is 0 Å². The van der Waals surface area contributed by atoms with E-state index in [1.54, 1.807) is 0 Å². The molecule has 2 spiro atoms. The van der Waals surface area contributed by atoms with Gasteiger partial charge in [-0.05, 0) is 138 Å². The lowest BCUT2D eigenvalue weighted by Crippen LogP contribution is -2.32. The lowest BCUT2D eigenvalue weighted by Gasteiger charge is -2.40. The average Bonchev–Trinajstić information content (AvgIpc) is 4.03. The fourth-order valence-electron chi connectivity index (χ4n) is 13.6. The first kappa shape index (κ1) is 42.4. The highest BCUT2D eigenvalue weighted by molar-refractivity contribution is 7.99. The van der Waals surface area contributed by atoms with Crippen LogP contribution in [0, 0.1) is 0 Å². The molecule has 12 aromatic rings. The highest BCUT2D eigenvalue weighted by Gasteiger charge is 2.53. The smallest absolute Gasteiger partial charge is 0.132 e. The second-order valence-electron chi connectivity index (χ2n) is 20.2. The zero-order chi connectivity index (χ0) is 49.2. The van der Waals surface area contributed by atoms with E-state index in [0.29, 0.717) is 0 Å². The van der Waals surface area contributed by atoms with Crippen LogP contribution in [0.4, 0.5) is 17.1 Å². The molecule has 0 bridgehead atoms. The zero-order valence-corrected chi connectivity index (χ0v) is 41.6. The van der Waals surface area contributed by atoms with Gasteiger partial charge in [0.25, 0.3) is 0 Å². The molecule has 0 amide bonds. The number of anilines is 3. The predicted octanol–water partition coefficient (Wildman–Crippen LogP) is 18.9. The Morgan fingerprint density at radius 1 is 0.307 bits per heavy atom. The van der Waals surface area contributed by atoms with Crippen LogP contribution in [-0.4, -0.2) is 0 Å². The molecule has 0 aromatic heterocycles. The molecule has 12 aromatic carbocycles. The summed E-state index contributed by atoms with van der Waals surface area (Å²) in [5.74, 6) is 1.77. The Morgan fingerprint density at radius 3 is 1.43 bits per heavy atom. The fraction of sp³-hybridized carbons (Fsp3) is 0.0278. The molecule has 350 valence electrons. The minimum Gasteiger partial charge on any atom is -0.457 e. The summed E-state index contributed by atoms with van der Waals surface area (Å²) >= 11 is 1.89. The minimum absolute atomic E-state index is 0.517. The Labute approximate surface area is 440 Å². The monoisotopic (exact) mass is 971 g/mol. The standard InChI is InChI=1S/C72H45NOS/c1-2-18-46(19-3-1)47-36-38-48(39-37-47)49-40-42-51(43-41-49)73(65-31-17-29-62-70(65)53-22-5-7-24-57(53)71(62)58-25-8-12-32-66(58)74-67-33-13-9-26-59(67)71)64-30-16-20-50-44-55-52-21-4-6-23-56(52)72(63(55)45-54(50)64)60-27-10-14-34-68(60)75-69-35-15-11-28-61(69)72/h1-45H. The van der Waals surface area contributed by atoms with E-state index in [4.69, 9.17) is 4.74 Å². The number of para-hydroxylation sites is 2. The molecule has 0 N–H and O–H groups in total. The average molecular weight is 972 g/mol. The SMILES string of the molecule is c1ccc(-c2ccc(-c3ccc(N(c4cccc5c4-c4ccccc4C54c5ccccc5Oc5ccccc54)c4cccc5cc6c(cc45)C4(c5ccccc5Sc5ccccc54)c4ccccc4-6)cc3)cc2)cc1. The first-order valence-electron chi connectivity index (χ1n) is 25.9. The van der Waals surface area contributed by atoms with E-state index in [2.05, 4.69) is 278 Å². The van der Waals surface area contributed by atoms with Gasteiger partial charge in [-0.15, -0.1) is 0 Å². The van der Waals surface area contributed by atoms with Gasteiger partial charge in [-0.25, -0.2) is 0 Å². The van der Waals surface area contributed by atoms with Gasteiger partial charge in [-0.3, -0.25) is 0 Å². The van der Waals surface area contributed by atoms with Crippen molar-refractivity contribution < 1.29 is 4.74 Å². The fourth-order valence-corrected chi connectivity index (χ4v) is 14.8. The van der Waals surface area contributed by atoms with Crippen molar-refractivity contribution in [2.75, 3.05) is 4.90 Å². The topological polar surface area (TPSA) is 12.5 Å². The molecule has 4 aliphatic rings. The lowest BCUT2D eigenvalue weighted by atomic mass is 9.66. The van der Waals surface area contributed by atoms with Crippen LogP contribution in [0.1, 0.15) is 44.5 Å². The van der Waals surface area contributed by atoms with Crippen LogP contribution in [0.15, 0.2) is 283 Å². The number of benzene rings is 12. The van der Waals surface area contributed by atoms with E-state index in [-0.39, 0.29) is 0 Å². The molecular formula is C72H45NOS. The van der Waals surface area contributed by atoms with E-state index in [1.165, 1.54) is 98.5 Å². The number of ether oxygens (including phenoxy) is 1. The van der Waals surface area contributed by atoms with Crippen molar-refractivity contribution in [2.45, 2.75) is 20.6 Å². The minimum atomic E-state index is -0.619. The Bertz CT molecular complexity index is 4220. The van der Waals surface area contributed by atoms with E-state index in [1.807, 2.05) is 11.8 Å². The van der Waals surface area contributed by atoms with E-state index >= 15 is 0 Å². The summed E-state index contributed by atoms with van der Waals surface area (Å²) < 4.78 is 6.77. The van der Waals surface area contributed by atoms with Gasteiger partial charge >= 0.3 is 0 Å². The molecule has 2 heterocycles. The molecule has 0 atom stereocenters. The van der Waals surface area contributed by atoms with Gasteiger partial charge in [0.1, 0.15) is 11.5 Å². The van der Waals surface area contributed by atoms with Crippen molar-refractivity contribution in [3.05, 3.63) is 317 Å². The summed E-state index contributed by atoms with van der Waals surface area (Å²) in [4.78, 5) is 5.15. The lowest BCUT2D eigenvalue weighted by molar-refractivity contribution is 0.436. The van der Waals surface area contributed by atoms with Crippen LogP contribution < -0.4 is 9.64 Å². The molecule has 75 heavy (non-hydrogen) atoms. The molecule has 2 aliphatic heterocycles. The molecule has 2 aliphatic carbocycles. The highest BCUT2D eigenvalue weighted by Crippen LogP contribution is 2.66. The van der Waals surface area contributed by atoms with Crippen LogP contribution in [-0.2, 0) is 10.8 Å². The first-order valence-corrected chi connectivity index (χ1v) is 26.7. The molecule has 0 saturated carbocycles. The maximum absolute atomic E-state index is 6.77. The number of rotatable bonds is 5. The van der Waals surface area contributed by atoms with Gasteiger partial charge in [0, 0.05) is 37.6 Å². The van der Waals surface area contributed by atoms with Gasteiger partial charge < -0.3 is 9.64 Å². The molecule has 0 saturated heterocycles. The van der Waals surface area contributed by atoms with Crippen LogP contribution in [0.3, 0.4) is 0 Å². The van der Waals surface area contributed by atoms with Gasteiger partial charge in [0.2, 0.25) is 0 Å². The second kappa shape index (κ2) is 16.2. The number of nitrogens with zero attached hydrogens (tertiary/aromatic N) is 1. The summed E-state index contributed by atoms with van der Waals surface area (Å²) in [5, 5.41) is 2.39. The summed E-state index contributed by atoms with van der Waals surface area (Å²) in [6, 6.07) is 101. The number of hydrogen-bond donors (Lipinski definition) is 0. The van der Waals surface area contributed by atoms with Gasteiger partial charge in [0.15, 0.2) is 0 Å². The van der Waals surface area contributed by atoms with E-state index in [9.17, 15) is 0 Å². The third-order valence-corrected chi connectivity index (χ3v) is 17.8. The molecule has 2 nitrogen and oxygen atoms in total. The zero-order valence-electron chi connectivity index (χ0n) is 40.7. The van der Waals surface area contributed by atoms with Crippen molar-refractivity contribution in [3.63, 3.8) is 0 Å². The van der Waals surface area contributed by atoms with Crippen molar-refractivity contribution in [2.24, 2.45) is 0 Å². The molecule has 3 heteroatoms. The van der Waals surface area contributed by atoms with Crippen molar-refractivity contribution in [1.29, 1.82) is 0 Å². The highest BCUT2D eigenvalue weighted by atomic mass is 32.2. The van der Waals surface area contributed by atoms with E-state index in [0.717, 1.165) is 39.7 Å². The Kier molecular flexibility index (Phi) is 9.14. The largest absolute Gasteiger partial charge is 0.457 e. The quantitative estimate of drug-likeness (QED) is 0.171. The Morgan fingerprint density at radius 2 is 0.773 bits per heavy atom. The number of fused-ring (bicyclic) bond motifs is 19. The summed E-state index contributed by atoms with van der Waals surface area (Å²) in [6.07, 6.45) is 0. The summed E-state index contributed by atoms with van der Waals surface area (Å²) in [5.41, 5.74) is 22.1. The van der Waals surface area contributed by atoms with E-state index < -0.39 is 10.8 Å². The van der Waals surface area contributed by atoms with Gasteiger partial charge in [0.05, 0.1) is 22.2 Å². The second-order valence-corrected chi connectivity index (χ2v) is 21.3. The molecule has 16 rings (SSSR count). The predicted molar refractivity (Wildman–Crippen MR) is 308 cm³/mol.